The number of rotatable bonds is 5. The summed E-state index contributed by atoms with van der Waals surface area (Å²) in [6.07, 6.45) is 14.2. The third-order valence-corrected chi connectivity index (χ3v) is 12.3. The zero-order valence-corrected chi connectivity index (χ0v) is 24.2. The molecular formula is C32H52N2O3. The summed E-state index contributed by atoms with van der Waals surface area (Å²) in [5, 5.41) is 10.3. The van der Waals surface area contributed by atoms with Gasteiger partial charge in [0.2, 0.25) is 11.8 Å². The highest BCUT2D eigenvalue weighted by molar-refractivity contribution is 5.78. The average Bonchev–Trinajstić information content (AvgIpc) is 3.24. The average molecular weight is 513 g/mol. The lowest BCUT2D eigenvalue weighted by Crippen LogP contribution is -2.55. The van der Waals surface area contributed by atoms with Crippen LogP contribution in [0.3, 0.4) is 0 Å². The summed E-state index contributed by atoms with van der Waals surface area (Å²) in [5.74, 6) is 4.16. The molecule has 5 aliphatic rings. The van der Waals surface area contributed by atoms with Crippen LogP contribution >= 0.6 is 0 Å². The number of allylic oxidation sites excluding steroid dienone is 1. The summed E-state index contributed by atoms with van der Waals surface area (Å²) < 4.78 is 0. The van der Waals surface area contributed by atoms with E-state index in [-0.39, 0.29) is 24.0 Å². The maximum Gasteiger partial charge on any atom is 0.222 e. The standard InChI is InChI=1S/C32H52N2O3/c1-6-29(36)33-17-18-34(22(3)20-33)30(37)12-7-21(2)26-10-11-27-25-9-8-23-19-24(35)13-15-31(23,4)28(25)14-16-32(26,27)5/h8,21-22,24-28,35H,6-7,9-20H2,1-5H3/t21-,22+,24+,25+,26-,27+,28+,31+,32-/m1/s1. The first-order valence-corrected chi connectivity index (χ1v) is 15.5. The number of aliphatic hydroxyl groups excluding tert-OH is 1. The molecule has 1 saturated heterocycles. The maximum absolute atomic E-state index is 13.2. The van der Waals surface area contributed by atoms with Crippen LogP contribution in [0.1, 0.15) is 105 Å². The zero-order valence-electron chi connectivity index (χ0n) is 24.2. The van der Waals surface area contributed by atoms with Gasteiger partial charge in [0.15, 0.2) is 0 Å². The Kier molecular flexibility index (Phi) is 7.59. The molecule has 5 heteroatoms. The molecule has 0 aromatic heterocycles. The molecule has 5 rings (SSSR count). The van der Waals surface area contributed by atoms with Crippen molar-refractivity contribution < 1.29 is 14.7 Å². The highest BCUT2D eigenvalue weighted by Gasteiger charge is 2.59. The smallest absolute Gasteiger partial charge is 0.222 e. The molecule has 2 amide bonds. The van der Waals surface area contributed by atoms with Crippen molar-refractivity contribution in [3.63, 3.8) is 0 Å². The second kappa shape index (κ2) is 10.3. The Morgan fingerprint density at radius 3 is 2.59 bits per heavy atom. The molecule has 3 saturated carbocycles. The van der Waals surface area contributed by atoms with Crippen molar-refractivity contribution in [2.45, 2.75) is 117 Å². The largest absolute Gasteiger partial charge is 0.393 e. The fourth-order valence-corrected chi connectivity index (χ4v) is 10.1. The predicted molar refractivity (Wildman–Crippen MR) is 148 cm³/mol. The molecule has 0 unspecified atom stereocenters. The summed E-state index contributed by atoms with van der Waals surface area (Å²) in [5.41, 5.74) is 2.27. The minimum Gasteiger partial charge on any atom is -0.393 e. The molecule has 1 heterocycles. The zero-order chi connectivity index (χ0) is 26.5. The van der Waals surface area contributed by atoms with E-state index in [1.807, 2.05) is 16.7 Å². The van der Waals surface area contributed by atoms with Gasteiger partial charge in [0, 0.05) is 38.5 Å². The SMILES string of the molecule is CCC(=O)N1CCN(C(=O)CC[C@@H](C)[C@H]2CC[C@H]3[C@@H]4CC=C5C[C@@H](O)CC[C@]5(C)[C@H]4CC[C@]23C)[C@@H](C)C1. The molecule has 0 aromatic carbocycles. The van der Waals surface area contributed by atoms with Gasteiger partial charge in [-0.05, 0) is 105 Å². The first-order valence-electron chi connectivity index (χ1n) is 15.5. The van der Waals surface area contributed by atoms with Crippen LogP contribution in [0.25, 0.3) is 0 Å². The van der Waals surface area contributed by atoms with E-state index in [0.29, 0.717) is 55.1 Å². The van der Waals surface area contributed by atoms with Crippen LogP contribution in [-0.2, 0) is 9.59 Å². The fraction of sp³-hybridized carbons (Fsp3) is 0.875. The molecule has 5 nitrogen and oxygen atoms in total. The van der Waals surface area contributed by atoms with Gasteiger partial charge in [0.25, 0.3) is 0 Å². The number of aliphatic hydroxyl groups is 1. The molecule has 0 bridgehead atoms. The lowest BCUT2D eigenvalue weighted by atomic mass is 9.47. The molecule has 0 spiro atoms. The number of piperazine rings is 1. The minimum atomic E-state index is -0.130. The Bertz CT molecular complexity index is 916. The molecule has 0 aromatic rings. The van der Waals surface area contributed by atoms with Gasteiger partial charge in [0.05, 0.1) is 6.10 Å². The summed E-state index contributed by atoms with van der Waals surface area (Å²) in [4.78, 5) is 29.3. The molecule has 37 heavy (non-hydrogen) atoms. The Morgan fingerprint density at radius 1 is 1.08 bits per heavy atom. The van der Waals surface area contributed by atoms with Gasteiger partial charge in [-0.25, -0.2) is 0 Å². The summed E-state index contributed by atoms with van der Waals surface area (Å²) in [6.45, 7) is 13.6. The van der Waals surface area contributed by atoms with Crippen LogP contribution in [0.4, 0.5) is 0 Å². The van der Waals surface area contributed by atoms with E-state index >= 15 is 0 Å². The molecule has 9 atom stereocenters. The van der Waals surface area contributed by atoms with E-state index in [2.05, 4.69) is 33.8 Å². The maximum atomic E-state index is 13.2. The van der Waals surface area contributed by atoms with Gasteiger partial charge in [-0.1, -0.05) is 39.3 Å². The number of fused-ring (bicyclic) bond motifs is 5. The Hall–Kier alpha value is -1.36. The van der Waals surface area contributed by atoms with Crippen LogP contribution in [0.15, 0.2) is 11.6 Å². The van der Waals surface area contributed by atoms with Crippen LogP contribution in [0, 0.1) is 40.4 Å². The van der Waals surface area contributed by atoms with Gasteiger partial charge in [0.1, 0.15) is 0 Å². The molecule has 0 radical (unpaired) electrons. The molecule has 1 N–H and O–H groups in total. The lowest BCUT2D eigenvalue weighted by Gasteiger charge is -2.58. The van der Waals surface area contributed by atoms with E-state index < -0.39 is 0 Å². The van der Waals surface area contributed by atoms with Crippen molar-refractivity contribution in [1.82, 2.24) is 9.80 Å². The Morgan fingerprint density at radius 2 is 1.86 bits per heavy atom. The number of hydrogen-bond donors (Lipinski definition) is 1. The van der Waals surface area contributed by atoms with Crippen molar-refractivity contribution in [3.05, 3.63) is 11.6 Å². The third-order valence-electron chi connectivity index (χ3n) is 12.3. The quantitative estimate of drug-likeness (QED) is 0.473. The van der Waals surface area contributed by atoms with Gasteiger partial charge in [-0.15, -0.1) is 0 Å². The van der Waals surface area contributed by atoms with Crippen molar-refractivity contribution in [3.8, 4) is 0 Å². The topological polar surface area (TPSA) is 60.9 Å². The van der Waals surface area contributed by atoms with Gasteiger partial charge >= 0.3 is 0 Å². The highest BCUT2D eigenvalue weighted by atomic mass is 16.3. The monoisotopic (exact) mass is 512 g/mol. The number of amides is 2. The van der Waals surface area contributed by atoms with Gasteiger partial charge in [-0.2, -0.15) is 0 Å². The van der Waals surface area contributed by atoms with Crippen LogP contribution < -0.4 is 0 Å². The van der Waals surface area contributed by atoms with Crippen LogP contribution in [0.5, 0.6) is 0 Å². The van der Waals surface area contributed by atoms with E-state index in [1.165, 1.54) is 32.1 Å². The number of carbonyl (C=O) groups is 2. The number of hydrogen-bond acceptors (Lipinski definition) is 3. The first kappa shape index (κ1) is 27.2. The van der Waals surface area contributed by atoms with Crippen LogP contribution in [0.2, 0.25) is 0 Å². The number of carbonyl (C=O) groups excluding carboxylic acids is 2. The van der Waals surface area contributed by atoms with Crippen LogP contribution in [-0.4, -0.2) is 58.5 Å². The van der Waals surface area contributed by atoms with Crippen molar-refractivity contribution in [2.24, 2.45) is 40.4 Å². The van der Waals surface area contributed by atoms with E-state index in [4.69, 9.17) is 0 Å². The highest BCUT2D eigenvalue weighted by Crippen LogP contribution is 2.67. The Balaban J connectivity index is 1.19. The third kappa shape index (κ3) is 4.70. The number of nitrogens with zero attached hydrogens (tertiary/aromatic N) is 2. The summed E-state index contributed by atoms with van der Waals surface area (Å²) in [7, 11) is 0. The second-order valence-electron chi connectivity index (χ2n) is 14.0. The lowest BCUT2D eigenvalue weighted by molar-refractivity contribution is -0.142. The van der Waals surface area contributed by atoms with Gasteiger partial charge in [-0.3, -0.25) is 9.59 Å². The molecule has 4 aliphatic carbocycles. The normalized spacial score (nSPS) is 42.4. The van der Waals surface area contributed by atoms with Crippen molar-refractivity contribution in [2.75, 3.05) is 19.6 Å². The van der Waals surface area contributed by atoms with Crippen molar-refractivity contribution >= 4 is 11.8 Å². The fourth-order valence-electron chi connectivity index (χ4n) is 10.1. The van der Waals surface area contributed by atoms with Crippen molar-refractivity contribution in [1.29, 1.82) is 0 Å². The van der Waals surface area contributed by atoms with Gasteiger partial charge < -0.3 is 14.9 Å². The predicted octanol–water partition coefficient (Wildman–Crippen LogP) is 5.81. The van der Waals surface area contributed by atoms with E-state index in [0.717, 1.165) is 43.4 Å². The molecular weight excluding hydrogens is 460 g/mol. The molecule has 4 fully saturated rings. The second-order valence-corrected chi connectivity index (χ2v) is 14.0. The summed E-state index contributed by atoms with van der Waals surface area (Å²) >= 11 is 0. The van der Waals surface area contributed by atoms with E-state index in [1.54, 1.807) is 5.57 Å². The Labute approximate surface area is 225 Å². The van der Waals surface area contributed by atoms with E-state index in [9.17, 15) is 14.7 Å². The molecule has 208 valence electrons. The summed E-state index contributed by atoms with van der Waals surface area (Å²) in [6, 6.07) is 0.113. The first-order chi connectivity index (χ1) is 17.6. The minimum absolute atomic E-state index is 0.113. The molecule has 1 aliphatic heterocycles.